The van der Waals surface area contributed by atoms with Crippen molar-refractivity contribution in [2.75, 3.05) is 31.1 Å². The monoisotopic (exact) mass is 365 g/mol. The summed E-state index contributed by atoms with van der Waals surface area (Å²) in [5.41, 5.74) is 0.942. The number of furan rings is 1. The number of carbonyl (C=O) groups is 1. The first kappa shape index (κ1) is 15.3. The zero-order valence-corrected chi connectivity index (χ0v) is 14.6. The lowest BCUT2D eigenvalue weighted by Crippen LogP contribution is -2.49. The number of thiophene rings is 1. The van der Waals surface area contributed by atoms with Crippen LogP contribution in [0.15, 0.2) is 47.5 Å². The average Bonchev–Trinajstić information content (AvgIpc) is 3.35. The molecule has 4 aromatic heterocycles. The van der Waals surface area contributed by atoms with Gasteiger partial charge in [0.15, 0.2) is 5.76 Å². The number of amides is 1. The Morgan fingerprint density at radius 2 is 1.96 bits per heavy atom. The molecular weight excluding hydrogens is 350 g/mol. The normalized spacial score (nSPS) is 15.1. The molecule has 0 saturated carbocycles. The van der Waals surface area contributed by atoms with Gasteiger partial charge in [0, 0.05) is 37.8 Å². The van der Waals surface area contributed by atoms with E-state index in [2.05, 4.69) is 19.9 Å². The van der Waals surface area contributed by atoms with Gasteiger partial charge in [-0.15, -0.1) is 11.3 Å². The fourth-order valence-corrected chi connectivity index (χ4v) is 4.42. The van der Waals surface area contributed by atoms with Gasteiger partial charge in [0.05, 0.1) is 16.5 Å². The molecule has 0 atom stereocenters. The van der Waals surface area contributed by atoms with Crippen LogP contribution in [-0.4, -0.2) is 51.9 Å². The van der Waals surface area contributed by atoms with Gasteiger partial charge < -0.3 is 14.2 Å². The Hall–Kier alpha value is -3.00. The van der Waals surface area contributed by atoms with E-state index in [-0.39, 0.29) is 5.91 Å². The highest BCUT2D eigenvalue weighted by Gasteiger charge is 2.26. The van der Waals surface area contributed by atoms with E-state index in [1.54, 1.807) is 36.0 Å². The highest BCUT2D eigenvalue weighted by atomic mass is 32.1. The molecule has 0 spiro atoms. The Balaban J connectivity index is 1.42. The molecule has 0 aliphatic carbocycles. The number of piperazine rings is 1. The van der Waals surface area contributed by atoms with Crippen molar-refractivity contribution in [3.8, 4) is 0 Å². The number of nitrogens with zero attached hydrogens (tertiary/aromatic N) is 5. The number of carbonyl (C=O) groups excluding carboxylic acids is 1. The summed E-state index contributed by atoms with van der Waals surface area (Å²) in [4.78, 5) is 30.8. The Kier molecular flexibility index (Phi) is 3.56. The highest BCUT2D eigenvalue weighted by molar-refractivity contribution is 7.25. The van der Waals surface area contributed by atoms with Gasteiger partial charge in [-0.05, 0) is 24.3 Å². The average molecular weight is 365 g/mol. The summed E-state index contributed by atoms with van der Waals surface area (Å²) in [6.07, 6.45) is 4.93. The van der Waals surface area contributed by atoms with Crippen molar-refractivity contribution in [1.82, 2.24) is 19.9 Å². The summed E-state index contributed by atoms with van der Waals surface area (Å²) < 4.78 is 6.27. The smallest absolute Gasteiger partial charge is 0.289 e. The van der Waals surface area contributed by atoms with Gasteiger partial charge in [0.25, 0.3) is 5.91 Å². The van der Waals surface area contributed by atoms with Crippen molar-refractivity contribution in [1.29, 1.82) is 0 Å². The lowest BCUT2D eigenvalue weighted by Gasteiger charge is -2.35. The van der Waals surface area contributed by atoms with Crippen LogP contribution in [0.4, 0.5) is 5.82 Å². The Labute approximate surface area is 152 Å². The predicted octanol–water partition coefficient (Wildman–Crippen LogP) is 2.79. The molecule has 1 amide bonds. The summed E-state index contributed by atoms with van der Waals surface area (Å²) in [7, 11) is 0. The fourth-order valence-electron chi connectivity index (χ4n) is 3.30. The lowest BCUT2D eigenvalue weighted by atomic mass is 10.2. The van der Waals surface area contributed by atoms with Crippen molar-refractivity contribution in [2.24, 2.45) is 0 Å². The molecule has 130 valence electrons. The van der Waals surface area contributed by atoms with Crippen molar-refractivity contribution in [2.45, 2.75) is 0 Å². The van der Waals surface area contributed by atoms with E-state index < -0.39 is 0 Å². The van der Waals surface area contributed by atoms with Crippen LogP contribution in [0, 0.1) is 0 Å². The second kappa shape index (κ2) is 6.06. The summed E-state index contributed by atoms with van der Waals surface area (Å²) in [6, 6.07) is 7.40. The molecule has 1 fully saturated rings. The predicted molar refractivity (Wildman–Crippen MR) is 99.5 cm³/mol. The van der Waals surface area contributed by atoms with E-state index in [1.165, 1.54) is 6.26 Å². The molecule has 0 bridgehead atoms. The van der Waals surface area contributed by atoms with Gasteiger partial charge in [0.2, 0.25) is 0 Å². The van der Waals surface area contributed by atoms with Gasteiger partial charge in [-0.25, -0.2) is 15.0 Å². The zero-order valence-electron chi connectivity index (χ0n) is 13.8. The summed E-state index contributed by atoms with van der Waals surface area (Å²) in [5.74, 6) is 1.25. The maximum Gasteiger partial charge on any atom is 0.289 e. The van der Waals surface area contributed by atoms with Gasteiger partial charge in [-0.2, -0.15) is 0 Å². The molecule has 5 rings (SSSR count). The van der Waals surface area contributed by atoms with Crippen LogP contribution in [0.5, 0.6) is 0 Å². The first-order valence-corrected chi connectivity index (χ1v) is 9.19. The van der Waals surface area contributed by atoms with Crippen LogP contribution in [0.25, 0.3) is 20.4 Å². The minimum absolute atomic E-state index is 0.0615. The number of anilines is 1. The van der Waals surface area contributed by atoms with Crippen LogP contribution in [0.3, 0.4) is 0 Å². The van der Waals surface area contributed by atoms with Gasteiger partial charge >= 0.3 is 0 Å². The summed E-state index contributed by atoms with van der Waals surface area (Å²) in [6.45, 7) is 2.71. The summed E-state index contributed by atoms with van der Waals surface area (Å²) in [5, 5.41) is 1.06. The van der Waals surface area contributed by atoms with Gasteiger partial charge in [-0.1, -0.05) is 0 Å². The molecule has 8 heteroatoms. The molecule has 7 nitrogen and oxygen atoms in total. The van der Waals surface area contributed by atoms with E-state index in [9.17, 15) is 4.79 Å². The molecule has 1 saturated heterocycles. The van der Waals surface area contributed by atoms with E-state index in [0.717, 1.165) is 39.3 Å². The van der Waals surface area contributed by atoms with Crippen LogP contribution < -0.4 is 4.90 Å². The van der Waals surface area contributed by atoms with Crippen molar-refractivity contribution in [3.05, 3.63) is 48.8 Å². The molecule has 0 aromatic carbocycles. The van der Waals surface area contributed by atoms with E-state index in [4.69, 9.17) is 4.42 Å². The second-order valence-corrected chi connectivity index (χ2v) is 7.09. The topological polar surface area (TPSA) is 75.4 Å². The molecule has 1 aliphatic heterocycles. The summed E-state index contributed by atoms with van der Waals surface area (Å²) >= 11 is 1.61. The third-order valence-corrected chi connectivity index (χ3v) is 5.71. The van der Waals surface area contributed by atoms with E-state index in [0.29, 0.717) is 18.8 Å². The van der Waals surface area contributed by atoms with Gasteiger partial charge in [-0.3, -0.25) is 4.79 Å². The molecule has 5 heterocycles. The maximum atomic E-state index is 12.4. The third-order valence-electron chi connectivity index (χ3n) is 4.61. The molecule has 0 unspecified atom stereocenters. The highest BCUT2D eigenvalue weighted by Crippen LogP contribution is 2.36. The second-order valence-electron chi connectivity index (χ2n) is 6.09. The Morgan fingerprint density at radius 3 is 2.77 bits per heavy atom. The van der Waals surface area contributed by atoms with E-state index >= 15 is 0 Å². The van der Waals surface area contributed by atoms with E-state index in [1.807, 2.05) is 17.0 Å². The quantitative estimate of drug-likeness (QED) is 0.544. The number of rotatable bonds is 2. The fraction of sp³-hybridized carbons (Fsp3) is 0.222. The van der Waals surface area contributed by atoms with Gasteiger partial charge in [0.1, 0.15) is 17.0 Å². The van der Waals surface area contributed by atoms with Crippen molar-refractivity contribution >= 4 is 43.5 Å². The standard InChI is InChI=1S/C18H15N5O2S/c24-18(13-4-2-10-25-13)23-8-6-22(7-9-23)16-15-14(20-11-21-16)12-3-1-5-19-17(12)26-15/h1-5,10-11H,6-9H2. The van der Waals surface area contributed by atoms with Crippen molar-refractivity contribution in [3.63, 3.8) is 0 Å². The number of aromatic nitrogens is 3. The van der Waals surface area contributed by atoms with Crippen LogP contribution in [-0.2, 0) is 0 Å². The number of fused-ring (bicyclic) bond motifs is 3. The lowest BCUT2D eigenvalue weighted by molar-refractivity contribution is 0.0714. The Bertz CT molecular complexity index is 1080. The maximum absolute atomic E-state index is 12.4. The molecule has 4 aromatic rings. The molecule has 0 N–H and O–H groups in total. The molecule has 1 aliphatic rings. The number of pyridine rings is 1. The number of hydrogen-bond donors (Lipinski definition) is 0. The first-order valence-electron chi connectivity index (χ1n) is 8.37. The third kappa shape index (κ3) is 2.41. The Morgan fingerprint density at radius 1 is 1.08 bits per heavy atom. The minimum atomic E-state index is -0.0615. The largest absolute Gasteiger partial charge is 0.459 e. The van der Waals surface area contributed by atoms with Crippen LogP contribution >= 0.6 is 11.3 Å². The zero-order chi connectivity index (χ0) is 17.5. The SMILES string of the molecule is O=C(c1ccco1)N1CCN(c2ncnc3c2sc2ncccc23)CC1. The minimum Gasteiger partial charge on any atom is -0.459 e. The van der Waals surface area contributed by atoms with Crippen molar-refractivity contribution < 1.29 is 9.21 Å². The number of hydrogen-bond acceptors (Lipinski definition) is 7. The molecular formula is C18H15N5O2S. The molecule has 0 radical (unpaired) electrons. The van der Waals surface area contributed by atoms with Crippen LogP contribution in [0.2, 0.25) is 0 Å². The molecule has 26 heavy (non-hydrogen) atoms. The van der Waals surface area contributed by atoms with Crippen LogP contribution in [0.1, 0.15) is 10.6 Å². The first-order chi connectivity index (χ1) is 12.8.